The van der Waals surface area contributed by atoms with Crippen molar-refractivity contribution in [3.63, 3.8) is 0 Å². The number of thioether (sulfide) groups is 1. The van der Waals surface area contributed by atoms with Gasteiger partial charge in [0.25, 0.3) is 5.91 Å². The number of likely N-dealkylation sites (N-methyl/N-ethyl adjacent to an activating group) is 1. The van der Waals surface area contributed by atoms with Gasteiger partial charge in [-0.05, 0) is 89.1 Å². The van der Waals surface area contributed by atoms with Crippen LogP contribution in [0, 0.1) is 5.82 Å². The lowest BCUT2D eigenvalue weighted by Gasteiger charge is -2.12. The first-order valence-electron chi connectivity index (χ1n) is 11.6. The molecule has 1 aliphatic heterocycles. The van der Waals surface area contributed by atoms with Gasteiger partial charge in [-0.25, -0.2) is 9.38 Å². The number of amidine groups is 1. The molecule has 4 aromatic carbocycles. The van der Waals surface area contributed by atoms with Crippen molar-refractivity contribution < 1.29 is 13.9 Å². The van der Waals surface area contributed by atoms with E-state index < -0.39 is 0 Å². The fourth-order valence-electron chi connectivity index (χ4n) is 3.93. The number of halogens is 3. The third kappa shape index (κ3) is 5.67. The van der Waals surface area contributed by atoms with Gasteiger partial charge in [0.15, 0.2) is 10.9 Å². The number of amides is 1. The van der Waals surface area contributed by atoms with Crippen LogP contribution in [0.5, 0.6) is 5.75 Å². The number of carbonyl (C=O) groups excluding carboxylic acids is 1. The second-order valence-corrected chi connectivity index (χ2v) is 10.1. The summed E-state index contributed by atoms with van der Waals surface area (Å²) >= 11 is 14.3. The molecule has 1 saturated heterocycles. The van der Waals surface area contributed by atoms with Crippen LogP contribution in [-0.2, 0) is 11.4 Å². The van der Waals surface area contributed by atoms with E-state index in [1.807, 2.05) is 25.1 Å². The van der Waals surface area contributed by atoms with Crippen molar-refractivity contribution in [3.8, 4) is 5.75 Å². The molecular weight excluding hydrogens is 530 g/mol. The van der Waals surface area contributed by atoms with Crippen LogP contribution in [0.2, 0.25) is 10.0 Å². The smallest absolute Gasteiger partial charge is 0.266 e. The van der Waals surface area contributed by atoms with E-state index in [1.165, 1.54) is 23.9 Å². The van der Waals surface area contributed by atoms with E-state index in [1.54, 1.807) is 35.2 Å². The van der Waals surface area contributed by atoms with E-state index in [2.05, 4.69) is 29.3 Å². The molecule has 4 aromatic rings. The molecule has 0 aliphatic carbocycles. The van der Waals surface area contributed by atoms with Crippen LogP contribution < -0.4 is 4.74 Å². The van der Waals surface area contributed by atoms with E-state index >= 15 is 0 Å². The largest absolute Gasteiger partial charge is 0.486 e. The topological polar surface area (TPSA) is 41.9 Å². The lowest BCUT2D eigenvalue weighted by Crippen LogP contribution is -2.28. The highest BCUT2D eigenvalue weighted by molar-refractivity contribution is 8.18. The highest BCUT2D eigenvalue weighted by atomic mass is 35.5. The van der Waals surface area contributed by atoms with Crippen molar-refractivity contribution in [2.24, 2.45) is 4.99 Å². The fourth-order valence-corrected chi connectivity index (χ4v) is 5.61. The van der Waals surface area contributed by atoms with Gasteiger partial charge in [0.2, 0.25) is 0 Å². The maximum atomic E-state index is 13.2. The van der Waals surface area contributed by atoms with Crippen molar-refractivity contribution in [1.82, 2.24) is 4.90 Å². The number of benzene rings is 4. The Bertz CT molecular complexity index is 1530. The summed E-state index contributed by atoms with van der Waals surface area (Å²) in [6.07, 6.45) is 1.73. The van der Waals surface area contributed by atoms with Gasteiger partial charge < -0.3 is 4.74 Å². The molecule has 1 amide bonds. The fraction of sp³-hybridized carbons (Fsp3) is 0.103. The highest BCUT2D eigenvalue weighted by Crippen LogP contribution is 2.38. The zero-order chi connectivity index (χ0) is 25.9. The number of ether oxygens (including phenoxy) is 1. The Labute approximate surface area is 228 Å². The Morgan fingerprint density at radius 3 is 2.38 bits per heavy atom. The first-order chi connectivity index (χ1) is 17.9. The summed E-state index contributed by atoms with van der Waals surface area (Å²) < 4.78 is 19.2. The Hall–Kier alpha value is -3.32. The van der Waals surface area contributed by atoms with Crippen LogP contribution in [-0.4, -0.2) is 22.5 Å². The lowest BCUT2D eigenvalue weighted by atomic mass is 10.1. The van der Waals surface area contributed by atoms with Crippen LogP contribution in [0.4, 0.5) is 10.1 Å². The quantitative estimate of drug-likeness (QED) is 0.226. The first-order valence-corrected chi connectivity index (χ1v) is 13.1. The van der Waals surface area contributed by atoms with Crippen LogP contribution in [0.3, 0.4) is 0 Å². The summed E-state index contributed by atoms with van der Waals surface area (Å²) in [5, 5.41) is 3.51. The third-order valence-electron chi connectivity index (χ3n) is 5.77. The monoisotopic (exact) mass is 550 g/mol. The Kier molecular flexibility index (Phi) is 7.51. The highest BCUT2D eigenvalue weighted by Gasteiger charge is 2.32. The molecule has 4 nitrogen and oxygen atoms in total. The number of carbonyl (C=O) groups is 1. The van der Waals surface area contributed by atoms with E-state index in [0.29, 0.717) is 50.3 Å². The second kappa shape index (κ2) is 11.0. The summed E-state index contributed by atoms with van der Waals surface area (Å²) in [4.78, 5) is 19.6. The Morgan fingerprint density at radius 1 is 0.973 bits per heavy atom. The zero-order valence-corrected chi connectivity index (χ0v) is 22.1. The molecule has 0 atom stereocenters. The van der Waals surface area contributed by atoms with E-state index in [0.717, 1.165) is 16.3 Å². The van der Waals surface area contributed by atoms with Crippen LogP contribution in [0.25, 0.3) is 16.8 Å². The van der Waals surface area contributed by atoms with E-state index in [9.17, 15) is 9.18 Å². The molecule has 0 N–H and O–H groups in total. The number of rotatable bonds is 6. The lowest BCUT2D eigenvalue weighted by molar-refractivity contribution is -0.122. The Balaban J connectivity index is 1.35. The summed E-state index contributed by atoms with van der Waals surface area (Å²) in [5.41, 5.74) is 2.23. The average molecular weight is 551 g/mol. The predicted octanol–water partition coefficient (Wildman–Crippen LogP) is 8.49. The van der Waals surface area contributed by atoms with Gasteiger partial charge >= 0.3 is 0 Å². The molecule has 1 aliphatic rings. The Morgan fingerprint density at radius 2 is 1.68 bits per heavy atom. The maximum Gasteiger partial charge on any atom is 0.266 e. The molecule has 0 saturated carbocycles. The van der Waals surface area contributed by atoms with Gasteiger partial charge in [-0.15, -0.1) is 0 Å². The van der Waals surface area contributed by atoms with E-state index in [4.69, 9.17) is 27.9 Å². The third-order valence-corrected chi connectivity index (χ3v) is 7.34. The molecular formula is C29H21Cl2FN2O2S. The van der Waals surface area contributed by atoms with E-state index in [-0.39, 0.29) is 11.7 Å². The van der Waals surface area contributed by atoms with Crippen LogP contribution >= 0.6 is 35.0 Å². The molecule has 37 heavy (non-hydrogen) atoms. The molecule has 1 fully saturated rings. The van der Waals surface area contributed by atoms with Gasteiger partial charge in [-0.2, -0.15) is 0 Å². The number of nitrogens with zero attached hydrogens (tertiary/aromatic N) is 2. The molecule has 8 heteroatoms. The maximum absolute atomic E-state index is 13.2. The van der Waals surface area contributed by atoms with Crippen molar-refractivity contribution >= 4 is 68.6 Å². The van der Waals surface area contributed by atoms with Gasteiger partial charge in [0.1, 0.15) is 12.4 Å². The standard InChI is InChI=1S/C29H21Cl2FN2O2S/c1-2-34-28(35)26(37-29(34)33-23-11-9-22(32)10-12-23)16-19-14-24(30)27(25(31)15-19)36-17-18-7-8-20-5-3-4-6-21(20)13-18/h3-16H,2,17H2,1H3/b26-16+,33-29?. The first kappa shape index (κ1) is 25.3. The summed E-state index contributed by atoms with van der Waals surface area (Å²) in [5.74, 6) is -0.125. The van der Waals surface area contributed by atoms with Crippen molar-refractivity contribution in [3.05, 3.63) is 111 Å². The minimum atomic E-state index is -0.342. The predicted molar refractivity (Wildman–Crippen MR) is 151 cm³/mol. The molecule has 0 unspecified atom stereocenters. The van der Waals surface area contributed by atoms with Crippen molar-refractivity contribution in [2.45, 2.75) is 13.5 Å². The van der Waals surface area contributed by atoms with Crippen molar-refractivity contribution in [2.75, 3.05) is 6.54 Å². The second-order valence-electron chi connectivity index (χ2n) is 8.31. The van der Waals surface area contributed by atoms with Gasteiger partial charge in [0, 0.05) is 6.54 Å². The molecule has 0 aromatic heterocycles. The number of hydrogen-bond acceptors (Lipinski definition) is 4. The molecule has 186 valence electrons. The zero-order valence-electron chi connectivity index (χ0n) is 19.8. The van der Waals surface area contributed by atoms with Crippen molar-refractivity contribution in [1.29, 1.82) is 0 Å². The summed E-state index contributed by atoms with van der Waals surface area (Å²) in [6, 6.07) is 23.5. The normalized spacial score (nSPS) is 15.8. The molecule has 0 spiro atoms. The minimum Gasteiger partial charge on any atom is -0.486 e. The van der Waals surface area contributed by atoms with Gasteiger partial charge in [0.05, 0.1) is 20.6 Å². The van der Waals surface area contributed by atoms with Crippen LogP contribution in [0.1, 0.15) is 18.1 Å². The summed E-state index contributed by atoms with van der Waals surface area (Å²) in [6.45, 7) is 2.64. The molecule has 1 heterocycles. The molecule has 0 bridgehead atoms. The van der Waals surface area contributed by atoms with Crippen LogP contribution in [0.15, 0.2) is 88.8 Å². The number of fused-ring (bicyclic) bond motifs is 1. The number of aliphatic imine (C=N–C) groups is 1. The molecule has 0 radical (unpaired) electrons. The van der Waals surface area contributed by atoms with Gasteiger partial charge in [-0.3, -0.25) is 9.69 Å². The molecule has 5 rings (SSSR count). The average Bonchev–Trinajstić information content (AvgIpc) is 3.18. The minimum absolute atomic E-state index is 0.169. The summed E-state index contributed by atoms with van der Waals surface area (Å²) in [7, 11) is 0. The SMILES string of the molecule is CCN1C(=O)/C(=C\c2cc(Cl)c(OCc3ccc4ccccc4c3)c(Cl)c2)SC1=Nc1ccc(F)cc1. The van der Waals surface area contributed by atoms with Gasteiger partial charge in [-0.1, -0.05) is 59.6 Å². The number of hydrogen-bond donors (Lipinski definition) is 0.